The maximum absolute atomic E-state index is 13.7. The molecule has 0 saturated heterocycles. The Morgan fingerprint density at radius 1 is 0.911 bits per heavy atom. The number of hydrogen-bond donors (Lipinski definition) is 4. The highest BCUT2D eigenvalue weighted by molar-refractivity contribution is 7.92. The van der Waals surface area contributed by atoms with Crippen LogP contribution in [-0.4, -0.2) is 70.9 Å². The second-order valence-electron chi connectivity index (χ2n) is 11.0. The summed E-state index contributed by atoms with van der Waals surface area (Å²) in [6, 6.07) is 21.6. The van der Waals surface area contributed by atoms with Gasteiger partial charge in [-0.3, -0.25) is 13.9 Å². The molecule has 0 bridgehead atoms. The number of aliphatic hydroxyl groups excluding tert-OH is 2. The molecule has 4 N–H and O–H groups in total. The van der Waals surface area contributed by atoms with Gasteiger partial charge in [0.15, 0.2) is 0 Å². The van der Waals surface area contributed by atoms with Crippen LogP contribution in [0.3, 0.4) is 0 Å². The van der Waals surface area contributed by atoms with Crippen LogP contribution in [0.4, 0.5) is 5.69 Å². The molecule has 4 rings (SSSR count). The summed E-state index contributed by atoms with van der Waals surface area (Å²) in [6.45, 7) is 3.34. The fraction of sp³-hybridized carbons (Fsp3) is 0.312. The minimum atomic E-state index is -3.73. The lowest BCUT2D eigenvalue weighted by Gasteiger charge is -2.25. The van der Waals surface area contributed by atoms with Gasteiger partial charge in [0.25, 0.3) is 11.8 Å². The van der Waals surface area contributed by atoms with E-state index in [0.717, 1.165) is 21.7 Å². The van der Waals surface area contributed by atoms with Gasteiger partial charge in [0.05, 0.1) is 49.0 Å². The number of amides is 2. The number of aromatic nitrogens is 3. The van der Waals surface area contributed by atoms with Crippen molar-refractivity contribution >= 4 is 27.5 Å². The fourth-order valence-electron chi connectivity index (χ4n) is 4.67. The molecule has 0 fully saturated rings. The van der Waals surface area contributed by atoms with Crippen LogP contribution >= 0.6 is 0 Å². The van der Waals surface area contributed by atoms with Gasteiger partial charge in [-0.25, -0.2) is 13.1 Å². The number of rotatable bonds is 13. The number of nitrogens with one attached hydrogen (secondary N) is 2. The molecule has 0 unspecified atom stereocenters. The second-order valence-corrected chi connectivity index (χ2v) is 13.0. The van der Waals surface area contributed by atoms with Crippen LogP contribution < -0.4 is 14.9 Å². The molecule has 0 aliphatic carbocycles. The predicted molar refractivity (Wildman–Crippen MR) is 170 cm³/mol. The van der Waals surface area contributed by atoms with Crippen molar-refractivity contribution in [2.24, 2.45) is 0 Å². The number of carbonyl (C=O) groups excluding carboxylic acids is 2. The lowest BCUT2D eigenvalue weighted by Crippen LogP contribution is -2.46. The van der Waals surface area contributed by atoms with Crippen LogP contribution in [0.15, 0.2) is 85.1 Å². The van der Waals surface area contributed by atoms with Crippen molar-refractivity contribution in [3.05, 3.63) is 113 Å². The molecule has 4 atom stereocenters. The summed E-state index contributed by atoms with van der Waals surface area (Å²) in [6.07, 6.45) is 0.831. The molecule has 0 aliphatic rings. The van der Waals surface area contributed by atoms with Gasteiger partial charge in [-0.1, -0.05) is 65.9 Å². The van der Waals surface area contributed by atoms with Crippen LogP contribution in [0.5, 0.6) is 0 Å². The van der Waals surface area contributed by atoms with E-state index in [1.807, 2.05) is 67.6 Å². The number of hydrogen-bond acceptors (Lipinski definition) is 8. The maximum Gasteiger partial charge on any atom is 0.251 e. The molecule has 4 aromatic rings. The standard InChI is InChI=1S/C32H38N6O6S/c1-21(24-13-9-6-10-14-24)33-31(41)25-16-26(18-27(17-25)37(3)45(4,43)44)32(42)34-28(15-23-11-7-5-8-12-23)30(40)20-38-19-29(22(2)39)35-36-38/h5-14,16-19,21-22,28,30,39-40H,15,20H2,1-4H3,(H,33,41)(H,34,42)/t21-,22-,28+,30+/m1/s1. The largest absolute Gasteiger partial charge is 0.389 e. The second kappa shape index (κ2) is 14.5. The molecule has 0 radical (unpaired) electrons. The maximum atomic E-state index is 13.7. The van der Waals surface area contributed by atoms with E-state index in [9.17, 15) is 28.2 Å². The summed E-state index contributed by atoms with van der Waals surface area (Å²) in [7, 11) is -2.39. The van der Waals surface area contributed by atoms with Crippen LogP contribution in [0.2, 0.25) is 0 Å². The Bertz CT molecular complexity index is 1710. The molecular formula is C32H38N6O6S. The number of anilines is 1. The van der Waals surface area contributed by atoms with Crippen LogP contribution in [0.1, 0.15) is 63.5 Å². The summed E-state index contributed by atoms with van der Waals surface area (Å²) in [5, 5.41) is 34.7. The van der Waals surface area contributed by atoms with Crippen molar-refractivity contribution in [2.75, 3.05) is 17.6 Å². The van der Waals surface area contributed by atoms with E-state index in [0.29, 0.717) is 5.69 Å². The zero-order valence-electron chi connectivity index (χ0n) is 25.5. The van der Waals surface area contributed by atoms with Crippen LogP contribution in [-0.2, 0) is 23.0 Å². The zero-order chi connectivity index (χ0) is 32.7. The van der Waals surface area contributed by atoms with Crippen molar-refractivity contribution in [3.63, 3.8) is 0 Å². The van der Waals surface area contributed by atoms with Gasteiger partial charge in [0, 0.05) is 18.2 Å². The Hall–Kier alpha value is -4.59. The summed E-state index contributed by atoms with van der Waals surface area (Å²) < 4.78 is 27.2. The fourth-order valence-corrected chi connectivity index (χ4v) is 5.16. The number of aliphatic hydroxyl groups is 2. The Balaban J connectivity index is 1.64. The lowest BCUT2D eigenvalue weighted by molar-refractivity contribution is 0.0778. The monoisotopic (exact) mass is 634 g/mol. The molecule has 2 amide bonds. The molecule has 12 nitrogen and oxygen atoms in total. The van der Waals surface area contributed by atoms with Gasteiger partial charge in [-0.2, -0.15) is 0 Å². The number of nitrogens with zero attached hydrogens (tertiary/aromatic N) is 4. The zero-order valence-corrected chi connectivity index (χ0v) is 26.3. The van der Waals surface area contributed by atoms with Crippen molar-refractivity contribution in [1.82, 2.24) is 25.6 Å². The highest BCUT2D eigenvalue weighted by Crippen LogP contribution is 2.22. The van der Waals surface area contributed by atoms with Crippen LogP contribution in [0, 0.1) is 0 Å². The summed E-state index contributed by atoms with van der Waals surface area (Å²) in [5.74, 6) is -1.11. The lowest BCUT2D eigenvalue weighted by atomic mass is 10.00. The first-order chi connectivity index (χ1) is 21.3. The average Bonchev–Trinajstić information content (AvgIpc) is 3.49. The Morgan fingerprint density at radius 3 is 2.04 bits per heavy atom. The normalized spacial score (nSPS) is 14.2. The van der Waals surface area contributed by atoms with E-state index in [1.165, 1.54) is 36.1 Å². The van der Waals surface area contributed by atoms with Crippen molar-refractivity contribution < 1.29 is 28.2 Å². The van der Waals surface area contributed by atoms with Gasteiger partial charge < -0.3 is 20.8 Å². The average molecular weight is 635 g/mol. The van der Waals surface area contributed by atoms with E-state index in [2.05, 4.69) is 20.9 Å². The molecular weight excluding hydrogens is 596 g/mol. The molecule has 1 heterocycles. The molecule has 3 aromatic carbocycles. The third kappa shape index (κ3) is 8.97. The molecule has 0 spiro atoms. The Kier molecular flexibility index (Phi) is 10.7. The van der Waals surface area contributed by atoms with E-state index in [1.54, 1.807) is 6.92 Å². The molecule has 45 heavy (non-hydrogen) atoms. The topological polar surface area (TPSA) is 167 Å². The van der Waals surface area contributed by atoms with Gasteiger partial charge in [0.2, 0.25) is 10.0 Å². The van der Waals surface area contributed by atoms with E-state index in [-0.39, 0.29) is 35.8 Å². The molecule has 1 aromatic heterocycles. The van der Waals surface area contributed by atoms with E-state index in [4.69, 9.17) is 0 Å². The van der Waals surface area contributed by atoms with Gasteiger partial charge in [-0.15, -0.1) is 5.10 Å². The minimum Gasteiger partial charge on any atom is -0.389 e. The minimum absolute atomic E-state index is 0.0284. The van der Waals surface area contributed by atoms with Crippen LogP contribution in [0.25, 0.3) is 0 Å². The van der Waals surface area contributed by atoms with E-state index >= 15 is 0 Å². The van der Waals surface area contributed by atoms with Gasteiger partial charge in [-0.05, 0) is 49.6 Å². The Labute approximate surface area is 262 Å². The third-order valence-electron chi connectivity index (χ3n) is 7.39. The third-order valence-corrected chi connectivity index (χ3v) is 8.59. The number of sulfonamides is 1. The first-order valence-corrected chi connectivity index (χ1v) is 16.2. The predicted octanol–water partition coefficient (Wildman–Crippen LogP) is 2.62. The van der Waals surface area contributed by atoms with Crippen molar-refractivity contribution in [3.8, 4) is 0 Å². The van der Waals surface area contributed by atoms with Crippen molar-refractivity contribution in [2.45, 2.75) is 51.1 Å². The van der Waals surface area contributed by atoms with Crippen molar-refractivity contribution in [1.29, 1.82) is 0 Å². The molecule has 0 aliphatic heterocycles. The SMILES string of the molecule is C[C@@H](O)c1cn(C[C@H](O)[C@H](Cc2ccccc2)NC(=O)c2cc(C(=O)N[C@H](C)c3ccccc3)cc(N(C)S(C)(=O)=O)c2)nn1. The highest BCUT2D eigenvalue weighted by atomic mass is 32.2. The van der Waals surface area contributed by atoms with Gasteiger partial charge >= 0.3 is 0 Å². The van der Waals surface area contributed by atoms with Gasteiger partial charge in [0.1, 0.15) is 5.69 Å². The Morgan fingerprint density at radius 2 is 1.49 bits per heavy atom. The molecule has 0 saturated carbocycles. The summed E-state index contributed by atoms with van der Waals surface area (Å²) in [5.41, 5.74) is 2.30. The number of benzene rings is 3. The molecule has 238 valence electrons. The first-order valence-electron chi connectivity index (χ1n) is 14.4. The number of carbonyl (C=O) groups is 2. The first kappa shape index (κ1) is 33.3. The molecule has 13 heteroatoms. The summed E-state index contributed by atoms with van der Waals surface area (Å²) >= 11 is 0. The summed E-state index contributed by atoms with van der Waals surface area (Å²) in [4.78, 5) is 27.1. The van der Waals surface area contributed by atoms with E-state index < -0.39 is 40.1 Å². The highest BCUT2D eigenvalue weighted by Gasteiger charge is 2.26. The quantitative estimate of drug-likeness (QED) is 0.174. The smallest absolute Gasteiger partial charge is 0.251 e.